The minimum Gasteiger partial charge on any atom is -0.480 e. The average Bonchev–Trinajstić information content (AvgIpc) is 2.99. The van der Waals surface area contributed by atoms with Crippen LogP contribution < -0.4 is 0 Å². The van der Waals surface area contributed by atoms with E-state index in [1.54, 1.807) is 0 Å². The van der Waals surface area contributed by atoms with E-state index in [9.17, 15) is 18.3 Å². The lowest BCUT2D eigenvalue weighted by molar-refractivity contribution is -0.147. The van der Waals surface area contributed by atoms with Crippen molar-refractivity contribution in [2.75, 3.05) is 19.6 Å². The van der Waals surface area contributed by atoms with Gasteiger partial charge in [-0.25, -0.2) is 0 Å². The lowest BCUT2D eigenvalue weighted by Crippen LogP contribution is -2.56. The van der Waals surface area contributed by atoms with Gasteiger partial charge in [-0.3, -0.25) is 4.79 Å². The first-order valence-corrected chi connectivity index (χ1v) is 8.36. The highest BCUT2D eigenvalue weighted by Crippen LogP contribution is 2.37. The Morgan fingerprint density at radius 3 is 2.37 bits per heavy atom. The van der Waals surface area contributed by atoms with Gasteiger partial charge in [0, 0.05) is 19.6 Å². The molecule has 0 aromatic rings. The van der Waals surface area contributed by atoms with Crippen LogP contribution >= 0.6 is 0 Å². The molecule has 7 heteroatoms. The molecular weight excluding hydrogens is 268 g/mol. The SMILES string of the molecule is CCCC1(C(=O)O)CCCN1S(=O)(=O)N1CCCC1. The van der Waals surface area contributed by atoms with Crippen LogP contribution in [0.15, 0.2) is 0 Å². The van der Waals surface area contributed by atoms with E-state index in [-0.39, 0.29) is 0 Å². The third-order valence-electron chi connectivity index (χ3n) is 4.16. The van der Waals surface area contributed by atoms with Crippen LogP contribution in [0.2, 0.25) is 0 Å². The molecule has 0 aliphatic carbocycles. The Labute approximate surface area is 114 Å². The molecule has 0 aromatic carbocycles. The van der Waals surface area contributed by atoms with Gasteiger partial charge in [-0.15, -0.1) is 0 Å². The fourth-order valence-corrected chi connectivity index (χ4v) is 5.29. The van der Waals surface area contributed by atoms with Gasteiger partial charge in [-0.1, -0.05) is 13.3 Å². The van der Waals surface area contributed by atoms with Gasteiger partial charge in [0.25, 0.3) is 10.2 Å². The quantitative estimate of drug-likeness (QED) is 0.821. The lowest BCUT2D eigenvalue weighted by atomic mass is 9.92. The smallest absolute Gasteiger partial charge is 0.325 e. The molecule has 19 heavy (non-hydrogen) atoms. The van der Waals surface area contributed by atoms with Crippen LogP contribution in [-0.4, -0.2) is 53.3 Å². The zero-order chi connectivity index (χ0) is 14.1. The summed E-state index contributed by atoms with van der Waals surface area (Å²) >= 11 is 0. The highest BCUT2D eigenvalue weighted by molar-refractivity contribution is 7.86. The molecule has 2 fully saturated rings. The van der Waals surface area contributed by atoms with Crippen LogP contribution in [0.1, 0.15) is 45.4 Å². The minimum atomic E-state index is -3.63. The molecule has 2 aliphatic heterocycles. The second-order valence-corrected chi connectivity index (χ2v) is 7.23. The molecule has 2 rings (SSSR count). The van der Waals surface area contributed by atoms with Gasteiger partial charge in [0.2, 0.25) is 0 Å². The lowest BCUT2D eigenvalue weighted by Gasteiger charge is -2.35. The van der Waals surface area contributed by atoms with Gasteiger partial charge in [0.1, 0.15) is 5.54 Å². The highest BCUT2D eigenvalue weighted by atomic mass is 32.2. The van der Waals surface area contributed by atoms with Crippen LogP contribution in [0, 0.1) is 0 Å². The number of hydrogen-bond donors (Lipinski definition) is 1. The summed E-state index contributed by atoms with van der Waals surface area (Å²) in [5.74, 6) is -1.00. The molecule has 0 amide bonds. The van der Waals surface area contributed by atoms with E-state index in [1.165, 1.54) is 8.61 Å². The molecule has 0 spiro atoms. The van der Waals surface area contributed by atoms with Crippen molar-refractivity contribution in [1.29, 1.82) is 0 Å². The van der Waals surface area contributed by atoms with Gasteiger partial charge in [-0.05, 0) is 32.1 Å². The zero-order valence-corrected chi connectivity index (χ0v) is 12.2. The van der Waals surface area contributed by atoms with E-state index < -0.39 is 21.7 Å². The number of carboxylic acids is 1. The first-order chi connectivity index (χ1) is 8.95. The van der Waals surface area contributed by atoms with Crippen molar-refractivity contribution in [2.45, 2.75) is 51.0 Å². The maximum Gasteiger partial charge on any atom is 0.325 e. The van der Waals surface area contributed by atoms with Crippen LogP contribution in [0.5, 0.6) is 0 Å². The van der Waals surface area contributed by atoms with E-state index in [0.29, 0.717) is 45.3 Å². The number of nitrogens with zero attached hydrogens (tertiary/aromatic N) is 2. The van der Waals surface area contributed by atoms with Gasteiger partial charge in [0.05, 0.1) is 0 Å². The Morgan fingerprint density at radius 1 is 1.21 bits per heavy atom. The van der Waals surface area contributed by atoms with Crippen LogP contribution in [-0.2, 0) is 15.0 Å². The maximum absolute atomic E-state index is 12.6. The number of hydrogen-bond acceptors (Lipinski definition) is 3. The van der Waals surface area contributed by atoms with Gasteiger partial charge in [-0.2, -0.15) is 17.0 Å². The van der Waals surface area contributed by atoms with Gasteiger partial charge < -0.3 is 5.11 Å². The van der Waals surface area contributed by atoms with E-state index >= 15 is 0 Å². The van der Waals surface area contributed by atoms with Crippen molar-refractivity contribution >= 4 is 16.2 Å². The van der Waals surface area contributed by atoms with Crippen molar-refractivity contribution in [3.05, 3.63) is 0 Å². The molecule has 0 radical (unpaired) electrons. The fraction of sp³-hybridized carbons (Fsp3) is 0.917. The van der Waals surface area contributed by atoms with Crippen molar-refractivity contribution in [3.8, 4) is 0 Å². The normalized spacial score (nSPS) is 29.9. The number of rotatable bonds is 5. The summed E-state index contributed by atoms with van der Waals surface area (Å²) in [5.41, 5.74) is -1.23. The predicted octanol–water partition coefficient (Wildman–Crippen LogP) is 1.05. The second-order valence-electron chi connectivity index (χ2n) is 5.38. The molecular formula is C12H22N2O4S. The summed E-state index contributed by atoms with van der Waals surface area (Å²) in [6, 6.07) is 0. The Balaban J connectivity index is 2.33. The zero-order valence-electron chi connectivity index (χ0n) is 11.3. The summed E-state index contributed by atoms with van der Waals surface area (Å²) in [6.07, 6.45) is 3.82. The first-order valence-electron chi connectivity index (χ1n) is 6.96. The standard InChI is InChI=1S/C12H22N2O4S/c1-2-6-12(11(15)16)7-5-10-14(12)19(17,18)13-8-3-4-9-13/h2-10H2,1H3,(H,15,16). The van der Waals surface area contributed by atoms with Crippen LogP contribution in [0.3, 0.4) is 0 Å². The molecule has 6 nitrogen and oxygen atoms in total. The molecule has 1 atom stereocenters. The molecule has 1 unspecified atom stereocenters. The third-order valence-corrected chi connectivity index (χ3v) is 6.27. The van der Waals surface area contributed by atoms with Crippen molar-refractivity contribution in [3.63, 3.8) is 0 Å². The number of carboxylic acid groups (broad SMARTS) is 1. The van der Waals surface area contributed by atoms with Gasteiger partial charge >= 0.3 is 5.97 Å². The molecule has 2 heterocycles. The first kappa shape index (κ1) is 14.7. The summed E-state index contributed by atoms with van der Waals surface area (Å²) in [4.78, 5) is 11.7. The number of carbonyl (C=O) groups is 1. The Morgan fingerprint density at radius 2 is 1.84 bits per heavy atom. The van der Waals surface area contributed by atoms with E-state index in [0.717, 1.165) is 12.8 Å². The van der Waals surface area contributed by atoms with Crippen molar-refractivity contribution in [1.82, 2.24) is 8.61 Å². The Hall–Kier alpha value is -0.660. The summed E-state index contributed by atoms with van der Waals surface area (Å²) in [6.45, 7) is 3.25. The number of aliphatic carboxylic acids is 1. The van der Waals surface area contributed by atoms with Crippen LogP contribution in [0.25, 0.3) is 0 Å². The molecule has 0 saturated carbocycles. The van der Waals surface area contributed by atoms with Gasteiger partial charge in [0.15, 0.2) is 0 Å². The monoisotopic (exact) mass is 290 g/mol. The third kappa shape index (κ3) is 2.39. The van der Waals surface area contributed by atoms with E-state index in [4.69, 9.17) is 0 Å². The molecule has 0 aromatic heterocycles. The maximum atomic E-state index is 12.6. The topological polar surface area (TPSA) is 77.9 Å². The molecule has 2 aliphatic rings. The molecule has 0 bridgehead atoms. The molecule has 110 valence electrons. The summed E-state index contributed by atoms with van der Waals surface area (Å²) < 4.78 is 27.9. The predicted molar refractivity (Wildman–Crippen MR) is 70.9 cm³/mol. The summed E-state index contributed by atoms with van der Waals surface area (Å²) in [7, 11) is -3.63. The average molecular weight is 290 g/mol. The highest BCUT2D eigenvalue weighted by Gasteiger charge is 2.53. The Bertz CT molecular complexity index is 445. The summed E-state index contributed by atoms with van der Waals surface area (Å²) in [5, 5.41) is 9.55. The van der Waals surface area contributed by atoms with Crippen molar-refractivity contribution < 1.29 is 18.3 Å². The van der Waals surface area contributed by atoms with Crippen molar-refractivity contribution in [2.24, 2.45) is 0 Å². The van der Waals surface area contributed by atoms with Crippen LogP contribution in [0.4, 0.5) is 0 Å². The minimum absolute atomic E-state index is 0.325. The Kier molecular flexibility index (Phi) is 4.17. The largest absolute Gasteiger partial charge is 0.480 e. The molecule has 2 saturated heterocycles. The fourth-order valence-electron chi connectivity index (χ4n) is 3.23. The molecule has 1 N–H and O–H groups in total. The van der Waals surface area contributed by atoms with E-state index in [2.05, 4.69) is 0 Å². The second kappa shape index (κ2) is 5.38. The van der Waals surface area contributed by atoms with E-state index in [1.807, 2.05) is 6.92 Å².